The summed E-state index contributed by atoms with van der Waals surface area (Å²) in [7, 11) is 0. The van der Waals surface area contributed by atoms with Gasteiger partial charge in [0.2, 0.25) is 0 Å². The fourth-order valence-corrected chi connectivity index (χ4v) is 3.95. The van der Waals surface area contributed by atoms with Gasteiger partial charge in [0.1, 0.15) is 0 Å². The van der Waals surface area contributed by atoms with E-state index in [0.717, 1.165) is 36.3 Å². The number of piperidine rings is 1. The second-order valence-electron chi connectivity index (χ2n) is 7.08. The molecule has 2 fully saturated rings. The second kappa shape index (κ2) is 6.38. The van der Waals surface area contributed by atoms with Crippen molar-refractivity contribution in [3.8, 4) is 0 Å². The monoisotopic (exact) mass is 252 g/mol. The Morgan fingerprint density at radius 2 is 2.00 bits per heavy atom. The SMILES string of the molecule is CC(C)C1CCCC(N2CCC(C)C(CN)C2)C1. The molecule has 2 rings (SSSR count). The highest BCUT2D eigenvalue weighted by Gasteiger charge is 2.32. The van der Waals surface area contributed by atoms with Crippen molar-refractivity contribution in [2.24, 2.45) is 29.4 Å². The lowest BCUT2D eigenvalue weighted by Crippen LogP contribution is -2.49. The topological polar surface area (TPSA) is 29.3 Å². The number of likely N-dealkylation sites (tertiary alicyclic amines) is 1. The smallest absolute Gasteiger partial charge is 0.00981 e. The van der Waals surface area contributed by atoms with E-state index in [2.05, 4.69) is 25.7 Å². The summed E-state index contributed by atoms with van der Waals surface area (Å²) < 4.78 is 0. The Morgan fingerprint density at radius 3 is 2.67 bits per heavy atom. The van der Waals surface area contributed by atoms with Gasteiger partial charge in [0.15, 0.2) is 0 Å². The van der Waals surface area contributed by atoms with Crippen LogP contribution in [0.4, 0.5) is 0 Å². The number of hydrogen-bond donors (Lipinski definition) is 1. The molecule has 0 spiro atoms. The third-order valence-corrected chi connectivity index (χ3v) is 5.59. The van der Waals surface area contributed by atoms with Crippen LogP contribution in [0.2, 0.25) is 0 Å². The molecule has 1 aliphatic carbocycles. The van der Waals surface area contributed by atoms with Crippen molar-refractivity contribution in [3.05, 3.63) is 0 Å². The van der Waals surface area contributed by atoms with Gasteiger partial charge in [0.05, 0.1) is 0 Å². The quantitative estimate of drug-likeness (QED) is 0.836. The highest BCUT2D eigenvalue weighted by atomic mass is 15.2. The molecule has 4 atom stereocenters. The van der Waals surface area contributed by atoms with E-state index in [4.69, 9.17) is 5.73 Å². The lowest BCUT2D eigenvalue weighted by Gasteiger charge is -2.44. The summed E-state index contributed by atoms with van der Waals surface area (Å²) in [6.07, 6.45) is 7.11. The minimum atomic E-state index is 0.734. The largest absolute Gasteiger partial charge is 0.330 e. The van der Waals surface area contributed by atoms with Gasteiger partial charge < -0.3 is 10.6 Å². The van der Waals surface area contributed by atoms with Crippen molar-refractivity contribution in [2.75, 3.05) is 19.6 Å². The van der Waals surface area contributed by atoms with Gasteiger partial charge in [-0.1, -0.05) is 33.6 Å². The highest BCUT2D eigenvalue weighted by molar-refractivity contribution is 4.87. The molecule has 2 aliphatic rings. The first-order valence-electron chi connectivity index (χ1n) is 8.06. The molecule has 2 nitrogen and oxygen atoms in total. The van der Waals surface area contributed by atoms with Crippen LogP contribution in [0.3, 0.4) is 0 Å². The van der Waals surface area contributed by atoms with Gasteiger partial charge >= 0.3 is 0 Å². The van der Waals surface area contributed by atoms with Crippen LogP contribution in [-0.4, -0.2) is 30.6 Å². The average Bonchev–Trinajstić information content (AvgIpc) is 2.39. The molecule has 1 aliphatic heterocycles. The van der Waals surface area contributed by atoms with Gasteiger partial charge in [-0.2, -0.15) is 0 Å². The maximum atomic E-state index is 5.93. The fraction of sp³-hybridized carbons (Fsp3) is 1.00. The molecule has 0 aromatic carbocycles. The summed E-state index contributed by atoms with van der Waals surface area (Å²) in [5.74, 6) is 3.38. The maximum absolute atomic E-state index is 5.93. The molecule has 1 heterocycles. The standard InChI is InChI=1S/C16H32N2/c1-12(2)14-5-4-6-16(9-14)18-8-7-13(3)15(10-17)11-18/h12-16H,4-11,17H2,1-3H3. The van der Waals surface area contributed by atoms with E-state index >= 15 is 0 Å². The Hall–Kier alpha value is -0.0800. The molecule has 106 valence electrons. The first-order chi connectivity index (χ1) is 8.61. The molecule has 4 unspecified atom stereocenters. The normalized spacial score (nSPS) is 39.2. The molecular formula is C16H32N2. The van der Waals surface area contributed by atoms with E-state index in [1.54, 1.807) is 0 Å². The first-order valence-corrected chi connectivity index (χ1v) is 8.06. The summed E-state index contributed by atoms with van der Waals surface area (Å²) in [4.78, 5) is 2.77. The van der Waals surface area contributed by atoms with Gasteiger partial charge in [-0.25, -0.2) is 0 Å². The molecule has 1 saturated carbocycles. The van der Waals surface area contributed by atoms with Crippen LogP contribution in [0.15, 0.2) is 0 Å². The minimum Gasteiger partial charge on any atom is -0.330 e. The van der Waals surface area contributed by atoms with Gasteiger partial charge in [-0.05, 0) is 56.0 Å². The molecule has 2 N–H and O–H groups in total. The summed E-state index contributed by atoms with van der Waals surface area (Å²) in [5.41, 5.74) is 5.93. The van der Waals surface area contributed by atoms with Crippen molar-refractivity contribution in [1.29, 1.82) is 0 Å². The second-order valence-corrected chi connectivity index (χ2v) is 7.08. The van der Waals surface area contributed by atoms with E-state index in [-0.39, 0.29) is 0 Å². The van der Waals surface area contributed by atoms with E-state index in [0.29, 0.717) is 0 Å². The van der Waals surface area contributed by atoms with Crippen LogP contribution < -0.4 is 5.73 Å². The molecule has 0 aromatic rings. The van der Waals surface area contributed by atoms with Crippen molar-refractivity contribution in [1.82, 2.24) is 4.90 Å². The Kier molecular flexibility index (Phi) is 5.08. The van der Waals surface area contributed by atoms with Gasteiger partial charge in [0, 0.05) is 12.6 Å². The molecule has 2 heteroatoms. The van der Waals surface area contributed by atoms with Crippen LogP contribution in [0.5, 0.6) is 0 Å². The van der Waals surface area contributed by atoms with Crippen LogP contribution in [0, 0.1) is 23.7 Å². The molecule has 18 heavy (non-hydrogen) atoms. The Morgan fingerprint density at radius 1 is 1.22 bits per heavy atom. The predicted molar refractivity (Wildman–Crippen MR) is 78.5 cm³/mol. The van der Waals surface area contributed by atoms with Gasteiger partial charge in [0.25, 0.3) is 0 Å². The minimum absolute atomic E-state index is 0.734. The lowest BCUT2D eigenvalue weighted by molar-refractivity contribution is 0.0535. The number of rotatable bonds is 3. The van der Waals surface area contributed by atoms with Crippen LogP contribution in [-0.2, 0) is 0 Å². The third kappa shape index (κ3) is 3.27. The van der Waals surface area contributed by atoms with Crippen LogP contribution >= 0.6 is 0 Å². The molecular weight excluding hydrogens is 220 g/mol. The van der Waals surface area contributed by atoms with E-state index in [9.17, 15) is 0 Å². The number of nitrogens with two attached hydrogens (primary N) is 1. The fourth-order valence-electron chi connectivity index (χ4n) is 3.95. The van der Waals surface area contributed by atoms with E-state index < -0.39 is 0 Å². The van der Waals surface area contributed by atoms with Gasteiger partial charge in [-0.15, -0.1) is 0 Å². The predicted octanol–water partition coefficient (Wildman–Crippen LogP) is 3.12. The number of hydrogen-bond acceptors (Lipinski definition) is 2. The summed E-state index contributed by atoms with van der Waals surface area (Å²) in [5, 5.41) is 0. The molecule has 0 radical (unpaired) electrons. The Balaban J connectivity index is 1.90. The number of nitrogens with zero attached hydrogens (tertiary/aromatic N) is 1. The Bertz CT molecular complexity index is 247. The van der Waals surface area contributed by atoms with Gasteiger partial charge in [-0.3, -0.25) is 0 Å². The van der Waals surface area contributed by atoms with E-state index in [1.807, 2.05) is 0 Å². The van der Waals surface area contributed by atoms with Crippen molar-refractivity contribution in [2.45, 2.75) is 58.9 Å². The molecule has 0 bridgehead atoms. The molecule has 1 saturated heterocycles. The first kappa shape index (κ1) is 14.3. The van der Waals surface area contributed by atoms with E-state index in [1.165, 1.54) is 45.2 Å². The highest BCUT2D eigenvalue weighted by Crippen LogP contribution is 2.34. The van der Waals surface area contributed by atoms with Crippen molar-refractivity contribution in [3.63, 3.8) is 0 Å². The zero-order chi connectivity index (χ0) is 13.1. The van der Waals surface area contributed by atoms with Crippen LogP contribution in [0.25, 0.3) is 0 Å². The zero-order valence-electron chi connectivity index (χ0n) is 12.6. The average molecular weight is 252 g/mol. The summed E-state index contributed by atoms with van der Waals surface area (Å²) >= 11 is 0. The molecule has 0 amide bonds. The zero-order valence-corrected chi connectivity index (χ0v) is 12.6. The van der Waals surface area contributed by atoms with Crippen molar-refractivity contribution < 1.29 is 0 Å². The lowest BCUT2D eigenvalue weighted by atomic mass is 9.77. The summed E-state index contributed by atoms with van der Waals surface area (Å²) in [6, 6.07) is 0.854. The molecule has 0 aromatic heterocycles. The summed E-state index contributed by atoms with van der Waals surface area (Å²) in [6.45, 7) is 10.6. The van der Waals surface area contributed by atoms with Crippen molar-refractivity contribution >= 4 is 0 Å². The van der Waals surface area contributed by atoms with Crippen LogP contribution in [0.1, 0.15) is 52.9 Å². The third-order valence-electron chi connectivity index (χ3n) is 5.59. The maximum Gasteiger partial charge on any atom is 0.00981 e. The Labute approximate surface area is 113 Å².